The van der Waals surface area contributed by atoms with Gasteiger partial charge in [-0.05, 0) is 22.0 Å². The fourth-order valence-corrected chi connectivity index (χ4v) is 1.85. The van der Waals surface area contributed by atoms with Gasteiger partial charge in [0.2, 0.25) is 0 Å². The predicted molar refractivity (Wildman–Crippen MR) is 65.3 cm³/mol. The molecular weight excluding hydrogens is 277 g/mol. The lowest BCUT2D eigenvalue weighted by Gasteiger charge is -2.11. The quantitative estimate of drug-likeness (QED) is 0.927. The lowest BCUT2D eigenvalue weighted by Crippen LogP contribution is -1.97. The van der Waals surface area contributed by atoms with Crippen LogP contribution in [-0.4, -0.2) is 20.8 Å². The minimum Gasteiger partial charge on any atom is -0.493 e. The summed E-state index contributed by atoms with van der Waals surface area (Å²) in [7, 11) is 2.95. The molecule has 0 atom stereocenters. The van der Waals surface area contributed by atoms with Crippen molar-refractivity contribution in [2.24, 2.45) is 5.73 Å². The van der Waals surface area contributed by atoms with Crippen LogP contribution < -0.4 is 15.2 Å². The summed E-state index contributed by atoms with van der Waals surface area (Å²) in [5.74, 6) is 0.402. The van der Waals surface area contributed by atoms with Gasteiger partial charge in [-0.15, -0.1) is 0 Å². The van der Waals surface area contributed by atoms with Crippen LogP contribution in [-0.2, 0) is 0 Å². The molecule has 0 saturated heterocycles. The van der Waals surface area contributed by atoms with E-state index in [9.17, 15) is 4.39 Å². The average molecular weight is 290 g/mol. The number of hydrogen-bond donors (Lipinski definition) is 1. The molecule has 16 heavy (non-hydrogen) atoms. The number of hydrogen-bond acceptors (Lipinski definition) is 3. The van der Waals surface area contributed by atoms with Gasteiger partial charge in [0.15, 0.2) is 11.5 Å². The van der Waals surface area contributed by atoms with Gasteiger partial charge in [-0.25, -0.2) is 4.39 Å². The van der Waals surface area contributed by atoms with Crippen molar-refractivity contribution < 1.29 is 13.9 Å². The van der Waals surface area contributed by atoms with Crippen LogP contribution in [0.5, 0.6) is 11.5 Å². The topological polar surface area (TPSA) is 44.5 Å². The second-order valence-electron chi connectivity index (χ2n) is 2.97. The van der Waals surface area contributed by atoms with E-state index in [2.05, 4.69) is 15.9 Å². The van der Waals surface area contributed by atoms with Gasteiger partial charge in [-0.1, -0.05) is 12.2 Å². The molecule has 0 heterocycles. The van der Waals surface area contributed by atoms with E-state index in [1.54, 1.807) is 18.2 Å². The van der Waals surface area contributed by atoms with Gasteiger partial charge in [0.05, 0.1) is 18.7 Å². The van der Waals surface area contributed by atoms with Crippen LogP contribution in [0.2, 0.25) is 0 Å². The second kappa shape index (κ2) is 5.86. The average Bonchev–Trinajstić information content (AvgIpc) is 2.30. The normalized spacial score (nSPS) is 10.8. The summed E-state index contributed by atoms with van der Waals surface area (Å²) < 4.78 is 24.2. The van der Waals surface area contributed by atoms with Crippen molar-refractivity contribution in [2.75, 3.05) is 20.8 Å². The Balaban J connectivity index is 3.32. The summed E-state index contributed by atoms with van der Waals surface area (Å²) in [5, 5.41) is 0. The zero-order chi connectivity index (χ0) is 12.1. The first-order valence-corrected chi connectivity index (χ1v) is 5.41. The molecule has 0 aliphatic rings. The first-order chi connectivity index (χ1) is 7.65. The molecule has 0 aliphatic carbocycles. The number of methoxy groups -OCH3 is 2. The van der Waals surface area contributed by atoms with E-state index >= 15 is 0 Å². The van der Waals surface area contributed by atoms with Crippen molar-refractivity contribution >= 4 is 22.0 Å². The molecule has 0 amide bonds. The van der Waals surface area contributed by atoms with Crippen molar-refractivity contribution in [1.29, 1.82) is 0 Å². The van der Waals surface area contributed by atoms with Crippen molar-refractivity contribution in [3.05, 3.63) is 28.0 Å². The molecule has 1 aromatic carbocycles. The van der Waals surface area contributed by atoms with Crippen LogP contribution in [0.4, 0.5) is 4.39 Å². The van der Waals surface area contributed by atoms with Crippen molar-refractivity contribution in [1.82, 2.24) is 0 Å². The maximum Gasteiger partial charge on any atom is 0.177 e. The van der Waals surface area contributed by atoms with Gasteiger partial charge in [-0.3, -0.25) is 0 Å². The minimum atomic E-state index is -0.401. The SMILES string of the molecule is COc1cc(/C=C/CN)c(F)c(Br)c1OC. The molecule has 0 saturated carbocycles. The van der Waals surface area contributed by atoms with Crippen molar-refractivity contribution in [3.63, 3.8) is 0 Å². The van der Waals surface area contributed by atoms with E-state index in [1.165, 1.54) is 14.2 Å². The predicted octanol–water partition coefficient (Wildman–Crippen LogP) is 2.58. The molecule has 0 aromatic heterocycles. The van der Waals surface area contributed by atoms with Gasteiger partial charge in [0.1, 0.15) is 5.82 Å². The lowest BCUT2D eigenvalue weighted by atomic mass is 10.1. The molecule has 0 aliphatic heterocycles. The maximum atomic E-state index is 13.8. The maximum absolute atomic E-state index is 13.8. The molecule has 0 unspecified atom stereocenters. The first-order valence-electron chi connectivity index (χ1n) is 4.62. The third kappa shape index (κ3) is 2.54. The summed E-state index contributed by atoms with van der Waals surface area (Å²) in [6.07, 6.45) is 3.26. The summed E-state index contributed by atoms with van der Waals surface area (Å²) >= 11 is 3.13. The molecule has 3 nitrogen and oxygen atoms in total. The Bertz CT molecular complexity index is 407. The summed E-state index contributed by atoms with van der Waals surface area (Å²) in [5.41, 5.74) is 5.71. The van der Waals surface area contributed by atoms with Crippen LogP contribution in [0.15, 0.2) is 16.6 Å². The Hall–Kier alpha value is -1.07. The van der Waals surface area contributed by atoms with Crippen molar-refractivity contribution in [2.45, 2.75) is 0 Å². The number of ether oxygens (including phenoxy) is 2. The van der Waals surface area contributed by atoms with E-state index in [1.807, 2.05) is 0 Å². The zero-order valence-corrected chi connectivity index (χ0v) is 10.7. The Morgan fingerprint density at radius 1 is 1.44 bits per heavy atom. The molecule has 0 fully saturated rings. The highest BCUT2D eigenvalue weighted by atomic mass is 79.9. The first kappa shape index (κ1) is 13.0. The smallest absolute Gasteiger partial charge is 0.177 e. The van der Waals surface area contributed by atoms with Gasteiger partial charge in [0.25, 0.3) is 0 Å². The van der Waals surface area contributed by atoms with E-state index in [-0.39, 0.29) is 4.47 Å². The highest BCUT2D eigenvalue weighted by Gasteiger charge is 2.16. The molecule has 5 heteroatoms. The molecule has 1 aromatic rings. The monoisotopic (exact) mass is 289 g/mol. The van der Waals surface area contributed by atoms with E-state index < -0.39 is 5.82 Å². The molecule has 2 N–H and O–H groups in total. The highest BCUT2D eigenvalue weighted by Crippen LogP contribution is 2.39. The lowest BCUT2D eigenvalue weighted by molar-refractivity contribution is 0.350. The van der Waals surface area contributed by atoms with Gasteiger partial charge >= 0.3 is 0 Å². The molecule has 1 rings (SSSR count). The Labute approximate surface area is 102 Å². The van der Waals surface area contributed by atoms with Gasteiger partial charge in [0, 0.05) is 12.1 Å². The largest absolute Gasteiger partial charge is 0.493 e. The fourth-order valence-electron chi connectivity index (χ4n) is 1.26. The van der Waals surface area contributed by atoms with Crippen LogP contribution in [0, 0.1) is 5.82 Å². The van der Waals surface area contributed by atoms with Crippen LogP contribution in [0.1, 0.15) is 5.56 Å². The number of rotatable bonds is 4. The van der Waals surface area contributed by atoms with Crippen LogP contribution in [0.3, 0.4) is 0 Å². The summed E-state index contributed by atoms with van der Waals surface area (Å²) in [4.78, 5) is 0. The molecule has 0 bridgehead atoms. The van der Waals surface area contributed by atoms with E-state index in [0.29, 0.717) is 23.6 Å². The van der Waals surface area contributed by atoms with Gasteiger partial charge in [-0.2, -0.15) is 0 Å². The fraction of sp³-hybridized carbons (Fsp3) is 0.273. The second-order valence-corrected chi connectivity index (χ2v) is 3.76. The highest BCUT2D eigenvalue weighted by molar-refractivity contribution is 9.10. The molecular formula is C11H13BrFNO2. The Kier molecular flexibility index (Phi) is 4.76. The van der Waals surface area contributed by atoms with E-state index in [0.717, 1.165) is 0 Å². The molecule has 0 spiro atoms. The minimum absolute atomic E-state index is 0.242. The summed E-state index contributed by atoms with van der Waals surface area (Å²) in [6, 6.07) is 1.56. The van der Waals surface area contributed by atoms with Crippen LogP contribution in [0.25, 0.3) is 6.08 Å². The number of halogens is 2. The number of benzene rings is 1. The standard InChI is InChI=1S/C11H13BrFNO2/c1-15-8-6-7(4-3-5-14)10(13)9(12)11(8)16-2/h3-4,6H,5,14H2,1-2H3/b4-3+. The molecule has 88 valence electrons. The summed E-state index contributed by atoms with van der Waals surface area (Å²) in [6.45, 7) is 0.353. The third-order valence-corrected chi connectivity index (χ3v) is 2.72. The van der Waals surface area contributed by atoms with Crippen molar-refractivity contribution in [3.8, 4) is 11.5 Å². The zero-order valence-electron chi connectivity index (χ0n) is 9.09. The van der Waals surface area contributed by atoms with Crippen LogP contribution >= 0.6 is 15.9 Å². The Morgan fingerprint density at radius 3 is 2.62 bits per heavy atom. The van der Waals surface area contributed by atoms with Gasteiger partial charge < -0.3 is 15.2 Å². The number of nitrogens with two attached hydrogens (primary N) is 1. The Morgan fingerprint density at radius 2 is 2.12 bits per heavy atom. The van der Waals surface area contributed by atoms with E-state index in [4.69, 9.17) is 15.2 Å². The molecule has 0 radical (unpaired) electrons. The third-order valence-electron chi connectivity index (χ3n) is 2.01.